The van der Waals surface area contributed by atoms with Crippen LogP contribution in [-0.4, -0.2) is 52.5 Å². The molecule has 0 aliphatic rings. The van der Waals surface area contributed by atoms with E-state index in [2.05, 4.69) is 0 Å². The Morgan fingerprint density at radius 2 is 1.94 bits per heavy atom. The Morgan fingerprint density at radius 1 is 1.35 bits per heavy atom. The van der Waals surface area contributed by atoms with E-state index in [-0.39, 0.29) is 19.0 Å². The number of furan rings is 1. The third-order valence-corrected chi connectivity index (χ3v) is 2.37. The summed E-state index contributed by atoms with van der Waals surface area (Å²) < 4.78 is 5.19. The first-order chi connectivity index (χ1) is 8.08. The predicted octanol–water partition coefficient (Wildman–Crippen LogP) is 0.0728. The highest BCUT2D eigenvalue weighted by atomic mass is 16.4. The van der Waals surface area contributed by atoms with Gasteiger partial charge in [-0.05, 0) is 13.0 Å². The molecule has 96 valence electrons. The summed E-state index contributed by atoms with van der Waals surface area (Å²) in [5.41, 5.74) is 0.570. The van der Waals surface area contributed by atoms with Gasteiger partial charge in [-0.3, -0.25) is 4.90 Å². The van der Waals surface area contributed by atoms with Crippen LogP contribution in [0.4, 0.5) is 0 Å². The van der Waals surface area contributed by atoms with Crippen molar-refractivity contribution in [1.29, 1.82) is 0 Å². The van der Waals surface area contributed by atoms with Crippen LogP contribution < -0.4 is 0 Å². The van der Waals surface area contributed by atoms with Crippen LogP contribution in [0.3, 0.4) is 0 Å². The summed E-state index contributed by atoms with van der Waals surface area (Å²) in [6.45, 7) is 2.80. The first kappa shape index (κ1) is 13.7. The molecular formula is C11H17NO5. The third kappa shape index (κ3) is 3.85. The zero-order valence-electron chi connectivity index (χ0n) is 9.72. The van der Waals surface area contributed by atoms with E-state index in [9.17, 15) is 4.79 Å². The maximum absolute atomic E-state index is 10.8. The number of aliphatic hydroxyl groups excluding tert-OH is 2. The van der Waals surface area contributed by atoms with Gasteiger partial charge >= 0.3 is 5.97 Å². The number of carboxylic acids is 1. The van der Waals surface area contributed by atoms with Gasteiger partial charge in [-0.25, -0.2) is 4.79 Å². The second-order valence-electron chi connectivity index (χ2n) is 3.75. The number of rotatable bonds is 7. The molecule has 0 bridgehead atoms. The lowest BCUT2D eigenvalue weighted by Gasteiger charge is -2.18. The highest BCUT2D eigenvalue weighted by Crippen LogP contribution is 2.16. The Bertz CT molecular complexity index is 368. The van der Waals surface area contributed by atoms with Gasteiger partial charge in [-0.1, -0.05) is 0 Å². The van der Waals surface area contributed by atoms with E-state index in [0.29, 0.717) is 31.0 Å². The van der Waals surface area contributed by atoms with Gasteiger partial charge in [-0.2, -0.15) is 0 Å². The fourth-order valence-corrected chi connectivity index (χ4v) is 1.61. The molecule has 6 nitrogen and oxygen atoms in total. The SMILES string of the molecule is Cc1cc(CN(CCO)CCO)oc1C(=O)O. The van der Waals surface area contributed by atoms with Crippen molar-refractivity contribution in [2.45, 2.75) is 13.5 Å². The number of carboxylic acid groups (broad SMARTS) is 1. The van der Waals surface area contributed by atoms with Crippen LogP contribution in [0.15, 0.2) is 10.5 Å². The normalized spacial score (nSPS) is 11.1. The molecule has 0 spiro atoms. The van der Waals surface area contributed by atoms with Gasteiger partial charge in [-0.15, -0.1) is 0 Å². The van der Waals surface area contributed by atoms with Gasteiger partial charge in [0.2, 0.25) is 5.76 Å². The van der Waals surface area contributed by atoms with Crippen LogP contribution in [-0.2, 0) is 6.54 Å². The number of hydrogen-bond donors (Lipinski definition) is 3. The fourth-order valence-electron chi connectivity index (χ4n) is 1.61. The second kappa shape index (κ2) is 6.39. The molecule has 17 heavy (non-hydrogen) atoms. The van der Waals surface area contributed by atoms with Gasteiger partial charge in [0.1, 0.15) is 5.76 Å². The molecule has 6 heteroatoms. The van der Waals surface area contributed by atoms with Gasteiger partial charge in [0.15, 0.2) is 0 Å². The minimum Gasteiger partial charge on any atom is -0.475 e. The van der Waals surface area contributed by atoms with Crippen LogP contribution in [0.25, 0.3) is 0 Å². The summed E-state index contributed by atoms with van der Waals surface area (Å²) in [4.78, 5) is 12.6. The highest BCUT2D eigenvalue weighted by molar-refractivity contribution is 5.86. The quantitative estimate of drug-likeness (QED) is 0.627. The molecule has 1 aromatic heterocycles. The molecule has 1 rings (SSSR count). The van der Waals surface area contributed by atoms with Crippen LogP contribution in [0.5, 0.6) is 0 Å². The van der Waals surface area contributed by atoms with Crippen LogP contribution in [0.1, 0.15) is 21.9 Å². The average Bonchev–Trinajstić information content (AvgIpc) is 2.60. The summed E-state index contributed by atoms with van der Waals surface area (Å²) >= 11 is 0. The standard InChI is InChI=1S/C11H17NO5/c1-8-6-9(17-10(8)11(15)16)7-12(2-4-13)3-5-14/h6,13-14H,2-5,7H2,1H3,(H,15,16). The van der Waals surface area contributed by atoms with Gasteiger partial charge in [0, 0.05) is 18.7 Å². The summed E-state index contributed by atoms with van der Waals surface area (Å²) in [7, 11) is 0. The molecule has 0 radical (unpaired) electrons. The Labute approximate surface area is 99.1 Å². The molecule has 0 atom stereocenters. The van der Waals surface area contributed by atoms with E-state index in [1.165, 1.54) is 0 Å². The number of aromatic carboxylic acids is 1. The number of nitrogens with zero attached hydrogens (tertiary/aromatic N) is 1. The highest BCUT2D eigenvalue weighted by Gasteiger charge is 2.15. The van der Waals surface area contributed by atoms with Crippen LogP contribution >= 0.6 is 0 Å². The van der Waals surface area contributed by atoms with Gasteiger partial charge in [0.25, 0.3) is 0 Å². The topological polar surface area (TPSA) is 94.1 Å². The van der Waals surface area contributed by atoms with Crippen molar-refractivity contribution in [1.82, 2.24) is 4.90 Å². The summed E-state index contributed by atoms with van der Waals surface area (Å²) in [6.07, 6.45) is 0. The fraction of sp³-hybridized carbons (Fsp3) is 0.545. The van der Waals surface area contributed by atoms with E-state index in [1.807, 2.05) is 0 Å². The van der Waals surface area contributed by atoms with E-state index >= 15 is 0 Å². The van der Waals surface area contributed by atoms with Crippen molar-refractivity contribution in [3.05, 3.63) is 23.2 Å². The summed E-state index contributed by atoms with van der Waals surface area (Å²) in [6, 6.07) is 1.66. The maximum Gasteiger partial charge on any atom is 0.372 e. The summed E-state index contributed by atoms with van der Waals surface area (Å²) in [5.74, 6) is -0.639. The molecule has 0 saturated heterocycles. The minimum absolute atomic E-state index is 0.0223. The molecule has 3 N–H and O–H groups in total. The molecule has 0 aromatic carbocycles. The molecular weight excluding hydrogens is 226 g/mol. The molecule has 0 saturated carbocycles. The van der Waals surface area contributed by atoms with E-state index in [4.69, 9.17) is 19.7 Å². The average molecular weight is 243 g/mol. The van der Waals surface area contributed by atoms with Crippen LogP contribution in [0, 0.1) is 6.92 Å². The lowest BCUT2D eigenvalue weighted by atomic mass is 10.2. The first-order valence-corrected chi connectivity index (χ1v) is 5.35. The van der Waals surface area contributed by atoms with Gasteiger partial charge in [0.05, 0.1) is 19.8 Å². The summed E-state index contributed by atoms with van der Waals surface area (Å²) in [5, 5.41) is 26.5. The zero-order chi connectivity index (χ0) is 12.8. The molecule has 0 fully saturated rings. The Kier molecular flexibility index (Phi) is 5.14. The monoisotopic (exact) mass is 243 g/mol. The molecule has 1 aromatic rings. The predicted molar refractivity (Wildman–Crippen MR) is 59.9 cm³/mol. The van der Waals surface area contributed by atoms with Crippen molar-refractivity contribution in [2.24, 2.45) is 0 Å². The zero-order valence-corrected chi connectivity index (χ0v) is 9.72. The third-order valence-electron chi connectivity index (χ3n) is 2.37. The van der Waals surface area contributed by atoms with Crippen molar-refractivity contribution < 1.29 is 24.5 Å². The number of aliphatic hydroxyl groups is 2. The van der Waals surface area contributed by atoms with Gasteiger partial charge < -0.3 is 19.7 Å². The molecule has 0 unspecified atom stereocenters. The minimum atomic E-state index is -1.09. The largest absolute Gasteiger partial charge is 0.475 e. The van der Waals surface area contributed by atoms with Crippen LogP contribution in [0.2, 0.25) is 0 Å². The van der Waals surface area contributed by atoms with E-state index in [0.717, 1.165) is 0 Å². The second-order valence-corrected chi connectivity index (χ2v) is 3.75. The van der Waals surface area contributed by atoms with Crippen molar-refractivity contribution in [3.63, 3.8) is 0 Å². The first-order valence-electron chi connectivity index (χ1n) is 5.35. The lowest BCUT2D eigenvalue weighted by Crippen LogP contribution is -2.29. The molecule has 1 heterocycles. The Morgan fingerprint density at radius 3 is 2.35 bits per heavy atom. The van der Waals surface area contributed by atoms with Crippen molar-refractivity contribution in [3.8, 4) is 0 Å². The maximum atomic E-state index is 10.8. The number of carbonyl (C=O) groups is 1. The Balaban J connectivity index is 2.72. The van der Waals surface area contributed by atoms with E-state index in [1.54, 1.807) is 17.9 Å². The molecule has 0 amide bonds. The van der Waals surface area contributed by atoms with E-state index < -0.39 is 5.97 Å². The number of hydrogen-bond acceptors (Lipinski definition) is 5. The molecule has 0 aliphatic carbocycles. The number of aryl methyl sites for hydroxylation is 1. The van der Waals surface area contributed by atoms with Crippen molar-refractivity contribution >= 4 is 5.97 Å². The van der Waals surface area contributed by atoms with Crippen molar-refractivity contribution in [2.75, 3.05) is 26.3 Å². The Hall–Kier alpha value is -1.37. The smallest absolute Gasteiger partial charge is 0.372 e. The lowest BCUT2D eigenvalue weighted by molar-refractivity contribution is 0.0655. The molecule has 0 aliphatic heterocycles.